The number of hydrogen-bond donors (Lipinski definition) is 1. The quantitative estimate of drug-likeness (QED) is 0.557. The Labute approximate surface area is 53.5 Å². The van der Waals surface area contributed by atoms with Crippen molar-refractivity contribution in [2.24, 2.45) is 0 Å². The smallest absolute Gasteiger partial charge is 0.0726 e. The Kier molecular flexibility index (Phi) is 21.4. The maximum Gasteiger partial charge on any atom is 0.0726 e. The fourth-order valence-corrected chi connectivity index (χ4v) is 0.289. The van der Waals surface area contributed by atoms with E-state index in [1.165, 1.54) is 19.5 Å². The van der Waals surface area contributed by atoms with E-state index in [-0.39, 0.29) is 0 Å². The molecule has 52 valence electrons. The van der Waals surface area contributed by atoms with Gasteiger partial charge < -0.3 is 5.32 Å². The van der Waals surface area contributed by atoms with Gasteiger partial charge in [0.2, 0.25) is 0 Å². The first-order chi connectivity index (χ1) is 3.83. The van der Waals surface area contributed by atoms with Crippen molar-refractivity contribution in [1.82, 2.24) is 0 Å². The Bertz CT molecular complexity index is 18.3. The molecule has 0 heterocycles. The van der Waals surface area contributed by atoms with Gasteiger partial charge in [0, 0.05) is 0 Å². The van der Waals surface area contributed by atoms with E-state index >= 15 is 0 Å². The van der Waals surface area contributed by atoms with Gasteiger partial charge in [0.1, 0.15) is 0 Å². The lowest BCUT2D eigenvalue weighted by Crippen LogP contribution is -2.82. The van der Waals surface area contributed by atoms with E-state index in [0.717, 1.165) is 0 Å². The number of hydrogen-bond acceptors (Lipinski definition) is 0. The van der Waals surface area contributed by atoms with Crippen molar-refractivity contribution in [2.45, 2.75) is 34.1 Å². The highest BCUT2D eigenvalue weighted by molar-refractivity contribution is 3.95. The van der Waals surface area contributed by atoms with E-state index < -0.39 is 0 Å². The molecule has 0 aromatic carbocycles. The van der Waals surface area contributed by atoms with Gasteiger partial charge in [-0.1, -0.05) is 20.3 Å². The van der Waals surface area contributed by atoms with Gasteiger partial charge in [-0.15, -0.1) is 0 Å². The van der Waals surface area contributed by atoms with E-state index in [1.807, 2.05) is 0 Å². The van der Waals surface area contributed by atoms with Gasteiger partial charge in [0.15, 0.2) is 0 Å². The van der Waals surface area contributed by atoms with Crippen LogP contribution in [-0.2, 0) is 0 Å². The monoisotopic (exact) mass is 118 g/mol. The van der Waals surface area contributed by atoms with Crippen molar-refractivity contribution < 1.29 is 5.32 Å². The summed E-state index contributed by atoms with van der Waals surface area (Å²) >= 11 is 0. The zero-order valence-corrected chi connectivity index (χ0v) is 6.70. The number of nitrogens with two attached hydrogens (primary N) is 1. The molecule has 0 fully saturated rings. The molecule has 0 aliphatic carbocycles. The molecule has 2 N–H and O–H groups in total. The summed E-state index contributed by atoms with van der Waals surface area (Å²) in [4.78, 5) is 0. The van der Waals surface area contributed by atoms with E-state index in [2.05, 4.69) is 33.0 Å². The van der Waals surface area contributed by atoms with Crippen LogP contribution < -0.4 is 5.32 Å². The topological polar surface area (TPSA) is 16.6 Å². The number of quaternary nitrogens is 1. The summed E-state index contributed by atoms with van der Waals surface area (Å²) in [6.07, 6.45) is 1.25. The SMILES string of the molecule is CCC.CC[NH2+]CC. The van der Waals surface area contributed by atoms with Crippen molar-refractivity contribution in [1.29, 1.82) is 0 Å². The van der Waals surface area contributed by atoms with Crippen LogP contribution in [0.5, 0.6) is 0 Å². The zero-order valence-electron chi connectivity index (χ0n) is 6.70. The molecule has 0 rings (SSSR count). The van der Waals surface area contributed by atoms with Crippen LogP contribution in [-0.4, -0.2) is 13.1 Å². The summed E-state index contributed by atoms with van der Waals surface area (Å²) < 4.78 is 0. The Hall–Kier alpha value is -0.0400. The highest BCUT2D eigenvalue weighted by atomic mass is 14.8. The second-order valence-electron chi connectivity index (χ2n) is 1.81. The van der Waals surface area contributed by atoms with Crippen molar-refractivity contribution in [3.05, 3.63) is 0 Å². The Morgan fingerprint density at radius 3 is 1.12 bits per heavy atom. The second kappa shape index (κ2) is 15.8. The van der Waals surface area contributed by atoms with Crippen LogP contribution in [0.2, 0.25) is 0 Å². The van der Waals surface area contributed by atoms with Gasteiger partial charge in [0.05, 0.1) is 13.1 Å². The highest BCUT2D eigenvalue weighted by Crippen LogP contribution is 1.56. The van der Waals surface area contributed by atoms with E-state index in [0.29, 0.717) is 0 Å². The molecule has 0 aromatic heterocycles. The fraction of sp³-hybridized carbons (Fsp3) is 1.00. The summed E-state index contributed by atoms with van der Waals surface area (Å²) in [7, 11) is 0. The molecule has 0 unspecified atom stereocenters. The molecule has 1 heteroatoms. The molecule has 0 saturated heterocycles. The minimum atomic E-state index is 1.22. The van der Waals surface area contributed by atoms with Crippen LogP contribution in [0, 0.1) is 0 Å². The van der Waals surface area contributed by atoms with Crippen molar-refractivity contribution in [2.75, 3.05) is 13.1 Å². The minimum Gasteiger partial charge on any atom is -0.347 e. The van der Waals surface area contributed by atoms with Crippen molar-refractivity contribution >= 4 is 0 Å². The first-order valence-electron chi connectivity index (χ1n) is 3.64. The van der Waals surface area contributed by atoms with Gasteiger partial charge in [-0.25, -0.2) is 0 Å². The molecule has 0 amide bonds. The van der Waals surface area contributed by atoms with Crippen LogP contribution in [0.1, 0.15) is 34.1 Å². The van der Waals surface area contributed by atoms with Crippen LogP contribution in [0.25, 0.3) is 0 Å². The molecule has 0 saturated carbocycles. The lowest BCUT2D eigenvalue weighted by molar-refractivity contribution is -0.648. The maximum absolute atomic E-state index is 2.25. The van der Waals surface area contributed by atoms with Crippen LogP contribution in [0.3, 0.4) is 0 Å². The summed E-state index contributed by atoms with van der Waals surface area (Å²) in [5.41, 5.74) is 0. The molecule has 0 aromatic rings. The van der Waals surface area contributed by atoms with E-state index in [9.17, 15) is 0 Å². The molecule has 0 aliphatic heterocycles. The summed E-state index contributed by atoms with van der Waals surface area (Å²) in [5.74, 6) is 0. The first kappa shape index (κ1) is 10.9. The minimum absolute atomic E-state index is 1.22. The second-order valence-corrected chi connectivity index (χ2v) is 1.81. The largest absolute Gasteiger partial charge is 0.347 e. The fourth-order valence-electron chi connectivity index (χ4n) is 0.289. The first-order valence-corrected chi connectivity index (χ1v) is 3.64. The third-order valence-electron chi connectivity index (χ3n) is 0.577. The van der Waals surface area contributed by atoms with Gasteiger partial charge in [-0.3, -0.25) is 0 Å². The lowest BCUT2D eigenvalue weighted by Gasteiger charge is -1.83. The Morgan fingerprint density at radius 1 is 0.875 bits per heavy atom. The molecule has 0 aliphatic rings. The average molecular weight is 118 g/mol. The van der Waals surface area contributed by atoms with E-state index in [1.54, 1.807) is 0 Å². The van der Waals surface area contributed by atoms with Crippen LogP contribution in [0.4, 0.5) is 0 Å². The predicted molar refractivity (Wildman–Crippen MR) is 39.0 cm³/mol. The number of rotatable bonds is 2. The Balaban J connectivity index is 0. The molecule has 0 radical (unpaired) electrons. The van der Waals surface area contributed by atoms with Gasteiger partial charge in [-0.2, -0.15) is 0 Å². The molecule has 1 nitrogen and oxygen atoms in total. The van der Waals surface area contributed by atoms with Gasteiger partial charge in [0.25, 0.3) is 0 Å². The third kappa shape index (κ3) is 38.2. The summed E-state index contributed by atoms with van der Waals surface area (Å²) in [5, 5.41) is 2.25. The molecule has 0 spiro atoms. The Morgan fingerprint density at radius 2 is 1.12 bits per heavy atom. The molecule has 0 bridgehead atoms. The third-order valence-corrected chi connectivity index (χ3v) is 0.577. The average Bonchev–Trinajstić information content (AvgIpc) is 1.71. The predicted octanol–water partition coefficient (Wildman–Crippen LogP) is 1.01. The molecule has 0 atom stereocenters. The normalized spacial score (nSPS) is 7.50. The van der Waals surface area contributed by atoms with Crippen molar-refractivity contribution in [3.8, 4) is 0 Å². The molecular weight excluding hydrogens is 98.1 g/mol. The molecule has 8 heavy (non-hydrogen) atoms. The van der Waals surface area contributed by atoms with E-state index in [4.69, 9.17) is 0 Å². The standard InChI is InChI=1S/C4H11N.C3H8/c1-3-5-4-2;1-3-2/h5H,3-4H2,1-2H3;3H2,1-2H3/p+1. The van der Waals surface area contributed by atoms with Gasteiger partial charge in [-0.05, 0) is 13.8 Å². The van der Waals surface area contributed by atoms with Crippen molar-refractivity contribution in [3.63, 3.8) is 0 Å². The highest BCUT2D eigenvalue weighted by Gasteiger charge is 1.67. The molecular formula is C7H20N+. The van der Waals surface area contributed by atoms with Gasteiger partial charge >= 0.3 is 0 Å². The van der Waals surface area contributed by atoms with Crippen LogP contribution >= 0.6 is 0 Å². The van der Waals surface area contributed by atoms with Crippen LogP contribution in [0.15, 0.2) is 0 Å². The zero-order chi connectivity index (χ0) is 6.83. The lowest BCUT2D eigenvalue weighted by atomic mass is 10.6. The summed E-state index contributed by atoms with van der Waals surface area (Å²) in [6, 6.07) is 0. The maximum atomic E-state index is 2.25. The summed E-state index contributed by atoms with van der Waals surface area (Å²) in [6.45, 7) is 11.0.